The predicted octanol–water partition coefficient (Wildman–Crippen LogP) is 1.48. The molecular weight excluding hydrogens is 349 g/mol. The summed E-state index contributed by atoms with van der Waals surface area (Å²) in [6.07, 6.45) is 2.47. The molecule has 0 radical (unpaired) electrons. The van der Waals surface area contributed by atoms with Gasteiger partial charge in [-0.05, 0) is 38.4 Å². The molecule has 2 saturated heterocycles. The quantitative estimate of drug-likeness (QED) is 0.688. The lowest BCUT2D eigenvalue weighted by Crippen LogP contribution is -2.47. The molecule has 3 heterocycles. The van der Waals surface area contributed by atoms with Crippen LogP contribution in [0.3, 0.4) is 0 Å². The Bertz CT molecular complexity index is 707. The Balaban J connectivity index is 0.00000182. The number of fused-ring (bicyclic) bond motifs is 2. The van der Waals surface area contributed by atoms with E-state index in [1.807, 2.05) is 0 Å². The van der Waals surface area contributed by atoms with Crippen LogP contribution in [0.2, 0.25) is 0 Å². The Morgan fingerprint density at radius 3 is 2.72 bits per heavy atom. The number of benzene rings is 1. The van der Waals surface area contributed by atoms with Gasteiger partial charge in [0.1, 0.15) is 17.6 Å². The van der Waals surface area contributed by atoms with E-state index in [1.54, 1.807) is 12.1 Å². The number of halogens is 2. The normalized spacial score (nSPS) is 24.1. The van der Waals surface area contributed by atoms with Crippen LogP contribution in [0.5, 0.6) is 5.75 Å². The second-order valence-electron chi connectivity index (χ2n) is 6.80. The second-order valence-corrected chi connectivity index (χ2v) is 6.80. The Labute approximate surface area is 151 Å². The molecule has 6 nitrogen and oxygen atoms in total. The van der Waals surface area contributed by atoms with Crippen molar-refractivity contribution >= 4 is 29.9 Å². The number of rotatable bonds is 2. The number of nitrogens with one attached hydrogen (secondary N) is 3. The molecule has 1 aromatic rings. The minimum absolute atomic E-state index is 0. The van der Waals surface area contributed by atoms with Crippen LogP contribution in [0.15, 0.2) is 12.1 Å². The van der Waals surface area contributed by atoms with Gasteiger partial charge in [-0.15, -0.1) is 12.4 Å². The maximum atomic E-state index is 14.6. The van der Waals surface area contributed by atoms with E-state index >= 15 is 0 Å². The summed E-state index contributed by atoms with van der Waals surface area (Å²) in [5.74, 6) is -0.402. The number of hydrogen-bond acceptors (Lipinski definition) is 5. The molecule has 0 aromatic heterocycles. The van der Waals surface area contributed by atoms with Crippen LogP contribution in [0.25, 0.3) is 0 Å². The van der Waals surface area contributed by atoms with Crippen LogP contribution in [0.4, 0.5) is 10.1 Å². The first-order valence-electron chi connectivity index (χ1n) is 8.35. The lowest BCUT2D eigenvalue weighted by atomic mass is 9.75. The van der Waals surface area contributed by atoms with E-state index in [2.05, 4.69) is 16.0 Å². The fraction of sp³-hybridized carbons (Fsp3) is 0.529. The molecule has 8 heteroatoms. The fourth-order valence-corrected chi connectivity index (χ4v) is 3.83. The second kappa shape index (κ2) is 6.80. The molecule has 4 rings (SSSR count). The summed E-state index contributed by atoms with van der Waals surface area (Å²) in [6, 6.07) is 2.58. The highest BCUT2D eigenvalue weighted by Crippen LogP contribution is 2.46. The van der Waals surface area contributed by atoms with Crippen molar-refractivity contribution in [3.8, 4) is 5.75 Å². The lowest BCUT2D eigenvalue weighted by Gasteiger charge is -2.32. The van der Waals surface area contributed by atoms with Gasteiger partial charge < -0.3 is 15.4 Å². The van der Waals surface area contributed by atoms with Gasteiger partial charge >= 0.3 is 0 Å². The molecule has 3 aliphatic rings. The first-order chi connectivity index (χ1) is 11.6. The monoisotopic (exact) mass is 369 g/mol. The molecule has 1 unspecified atom stereocenters. The van der Waals surface area contributed by atoms with Crippen LogP contribution in [0.1, 0.15) is 31.2 Å². The Morgan fingerprint density at radius 1 is 1.24 bits per heavy atom. The zero-order chi connectivity index (χ0) is 16.7. The van der Waals surface area contributed by atoms with E-state index < -0.39 is 11.9 Å². The number of anilines is 1. The van der Waals surface area contributed by atoms with Crippen molar-refractivity contribution in [1.82, 2.24) is 10.6 Å². The Hall–Kier alpha value is -1.86. The largest absolute Gasteiger partial charge is 0.492 e. The van der Waals surface area contributed by atoms with Gasteiger partial charge in [0.15, 0.2) is 0 Å². The molecule has 1 spiro atoms. The van der Waals surface area contributed by atoms with E-state index in [0.29, 0.717) is 18.8 Å². The molecule has 1 atom stereocenters. The molecule has 2 amide bonds. The van der Waals surface area contributed by atoms with Crippen LogP contribution in [-0.2, 0) is 15.0 Å². The third-order valence-corrected chi connectivity index (χ3v) is 5.27. The van der Waals surface area contributed by atoms with E-state index in [0.717, 1.165) is 31.5 Å². The molecule has 0 aliphatic carbocycles. The molecule has 3 N–H and O–H groups in total. The van der Waals surface area contributed by atoms with Gasteiger partial charge in [0, 0.05) is 23.5 Å². The SMILES string of the molecule is Cl.O=C1CCC(Nc2cc3c(cc2F)C2(CCNCC2)CO3)C(=O)N1. The summed E-state index contributed by atoms with van der Waals surface area (Å²) >= 11 is 0. The average Bonchev–Trinajstić information content (AvgIpc) is 2.89. The fourth-order valence-electron chi connectivity index (χ4n) is 3.83. The number of carbonyl (C=O) groups excluding carboxylic acids is 2. The first kappa shape index (κ1) is 17.9. The van der Waals surface area contributed by atoms with Crippen LogP contribution < -0.4 is 20.7 Å². The number of carbonyl (C=O) groups is 2. The van der Waals surface area contributed by atoms with Crippen LogP contribution in [-0.4, -0.2) is 37.6 Å². The van der Waals surface area contributed by atoms with Crippen molar-refractivity contribution < 1.29 is 18.7 Å². The Morgan fingerprint density at radius 2 is 2.00 bits per heavy atom. The average molecular weight is 370 g/mol. The standard InChI is InChI=1S/C17H20FN3O3.ClH/c18-11-7-10-14(24-9-17(10)3-5-19-6-4-17)8-13(11)20-12-1-2-15(22)21-16(12)23;/h7-8,12,19-20H,1-6,9H2,(H,21,22,23);1H. The van der Waals surface area contributed by atoms with Crippen molar-refractivity contribution in [1.29, 1.82) is 0 Å². The van der Waals surface area contributed by atoms with E-state index in [-0.39, 0.29) is 41.7 Å². The highest BCUT2D eigenvalue weighted by atomic mass is 35.5. The molecule has 0 saturated carbocycles. The van der Waals surface area contributed by atoms with E-state index in [9.17, 15) is 14.0 Å². The summed E-state index contributed by atoms with van der Waals surface area (Å²) in [6.45, 7) is 2.38. The molecule has 0 bridgehead atoms. The van der Waals surface area contributed by atoms with Gasteiger partial charge in [-0.25, -0.2) is 4.39 Å². The van der Waals surface area contributed by atoms with Gasteiger partial charge in [0.25, 0.3) is 0 Å². The third-order valence-electron chi connectivity index (χ3n) is 5.27. The van der Waals surface area contributed by atoms with Crippen molar-refractivity contribution in [2.45, 2.75) is 37.1 Å². The van der Waals surface area contributed by atoms with Crippen molar-refractivity contribution in [2.24, 2.45) is 0 Å². The van der Waals surface area contributed by atoms with E-state index in [4.69, 9.17) is 4.74 Å². The van der Waals surface area contributed by atoms with Crippen LogP contribution in [0, 0.1) is 5.82 Å². The zero-order valence-electron chi connectivity index (χ0n) is 13.7. The van der Waals surface area contributed by atoms with Gasteiger partial charge in [0.05, 0.1) is 12.3 Å². The molecule has 3 aliphatic heterocycles. The Kier molecular flexibility index (Phi) is 4.88. The molecule has 2 fully saturated rings. The first-order valence-corrected chi connectivity index (χ1v) is 8.35. The van der Waals surface area contributed by atoms with Gasteiger partial charge in [-0.3, -0.25) is 14.9 Å². The van der Waals surface area contributed by atoms with Crippen molar-refractivity contribution in [2.75, 3.05) is 25.0 Å². The third kappa shape index (κ3) is 3.18. The van der Waals surface area contributed by atoms with Gasteiger partial charge in [-0.2, -0.15) is 0 Å². The molecule has 136 valence electrons. The summed E-state index contributed by atoms with van der Waals surface area (Å²) in [5.41, 5.74) is 1.07. The predicted molar refractivity (Wildman–Crippen MR) is 92.7 cm³/mol. The highest BCUT2D eigenvalue weighted by molar-refractivity contribution is 6.01. The summed E-state index contributed by atoms with van der Waals surface area (Å²) in [7, 11) is 0. The van der Waals surface area contributed by atoms with Gasteiger partial charge in [0.2, 0.25) is 11.8 Å². The number of ether oxygens (including phenoxy) is 1. The topological polar surface area (TPSA) is 79.5 Å². The molecular formula is C17H21ClFN3O3. The molecule has 1 aromatic carbocycles. The molecule has 25 heavy (non-hydrogen) atoms. The van der Waals surface area contributed by atoms with Crippen LogP contribution >= 0.6 is 12.4 Å². The number of hydrogen-bond donors (Lipinski definition) is 3. The maximum Gasteiger partial charge on any atom is 0.249 e. The number of piperidine rings is 2. The smallest absolute Gasteiger partial charge is 0.249 e. The van der Waals surface area contributed by atoms with E-state index in [1.165, 1.54) is 0 Å². The summed E-state index contributed by atoms with van der Waals surface area (Å²) < 4.78 is 20.4. The lowest BCUT2D eigenvalue weighted by molar-refractivity contribution is -0.133. The van der Waals surface area contributed by atoms with Gasteiger partial charge in [-0.1, -0.05) is 0 Å². The summed E-state index contributed by atoms with van der Waals surface area (Å²) in [4.78, 5) is 23.0. The number of imide groups is 1. The van der Waals surface area contributed by atoms with Crippen molar-refractivity contribution in [3.63, 3.8) is 0 Å². The zero-order valence-corrected chi connectivity index (χ0v) is 14.5. The summed E-state index contributed by atoms with van der Waals surface area (Å²) in [5, 5.41) is 8.50. The number of amides is 2. The maximum absolute atomic E-state index is 14.6. The van der Waals surface area contributed by atoms with Crippen molar-refractivity contribution in [3.05, 3.63) is 23.5 Å². The highest BCUT2D eigenvalue weighted by Gasteiger charge is 2.42. The minimum atomic E-state index is -0.607. The minimum Gasteiger partial charge on any atom is -0.492 e.